The molecule has 0 aliphatic heterocycles. The number of aryl methyl sites for hydroxylation is 2. The molecule has 0 heterocycles. The molecule has 0 radical (unpaired) electrons. The first kappa shape index (κ1) is 12.6. The largest absolute Gasteiger partial charge is 0.393 e. The highest BCUT2D eigenvalue weighted by Crippen LogP contribution is 2.29. The molecule has 1 atom stereocenters. The maximum atomic E-state index is 10.0. The van der Waals surface area contributed by atoms with E-state index in [0.717, 1.165) is 25.2 Å². The van der Waals surface area contributed by atoms with Crippen molar-refractivity contribution in [1.82, 2.24) is 0 Å². The van der Waals surface area contributed by atoms with Gasteiger partial charge in [-0.2, -0.15) is 0 Å². The molecule has 2 rings (SSSR count). The van der Waals surface area contributed by atoms with E-state index in [1.54, 1.807) is 0 Å². The lowest BCUT2D eigenvalue weighted by molar-refractivity contribution is 0.134. The summed E-state index contributed by atoms with van der Waals surface area (Å²) in [7, 11) is 0. The Hall–Kier alpha value is -0.820. The van der Waals surface area contributed by atoms with Gasteiger partial charge in [-0.05, 0) is 37.7 Å². The highest BCUT2D eigenvalue weighted by Gasteiger charge is 2.18. The van der Waals surface area contributed by atoms with Crippen molar-refractivity contribution in [2.45, 2.75) is 58.0 Å². The quantitative estimate of drug-likeness (QED) is 0.817. The minimum Gasteiger partial charge on any atom is -0.393 e. The summed E-state index contributed by atoms with van der Waals surface area (Å²) in [5.74, 6) is 0.794. The van der Waals surface area contributed by atoms with Crippen LogP contribution in [0.2, 0.25) is 0 Å². The molecule has 1 aromatic rings. The van der Waals surface area contributed by atoms with Crippen LogP contribution in [0.1, 0.15) is 49.7 Å². The van der Waals surface area contributed by atoms with Crippen LogP contribution >= 0.6 is 0 Å². The lowest BCUT2D eigenvalue weighted by atomic mass is 9.96. The minimum absolute atomic E-state index is 0.0985. The average molecular weight is 232 g/mol. The van der Waals surface area contributed by atoms with Gasteiger partial charge in [0.25, 0.3) is 0 Å². The first-order valence-corrected chi connectivity index (χ1v) is 6.97. The van der Waals surface area contributed by atoms with Crippen LogP contribution < -0.4 is 0 Å². The monoisotopic (exact) mass is 232 g/mol. The average Bonchev–Trinajstić information content (AvgIpc) is 2.79. The van der Waals surface area contributed by atoms with E-state index in [9.17, 15) is 5.11 Å². The molecule has 1 fully saturated rings. The molecule has 1 aromatic carbocycles. The maximum absolute atomic E-state index is 10.0. The number of benzene rings is 1. The number of hydrogen-bond donors (Lipinski definition) is 1. The van der Waals surface area contributed by atoms with E-state index < -0.39 is 0 Å². The molecule has 0 bridgehead atoms. The highest BCUT2D eigenvalue weighted by atomic mass is 16.3. The fraction of sp³-hybridized carbons (Fsp3) is 0.625. The Kier molecular flexibility index (Phi) is 4.61. The van der Waals surface area contributed by atoms with Gasteiger partial charge >= 0.3 is 0 Å². The van der Waals surface area contributed by atoms with Gasteiger partial charge in [0, 0.05) is 0 Å². The lowest BCUT2D eigenvalue weighted by Gasteiger charge is -2.15. The SMILES string of the molecule is Cc1cccc(CCC(O)CC2CCCC2)c1. The van der Waals surface area contributed by atoms with E-state index in [-0.39, 0.29) is 6.10 Å². The van der Waals surface area contributed by atoms with Crippen molar-refractivity contribution in [2.24, 2.45) is 5.92 Å². The zero-order valence-corrected chi connectivity index (χ0v) is 10.9. The number of hydrogen-bond acceptors (Lipinski definition) is 1. The van der Waals surface area contributed by atoms with Gasteiger partial charge in [-0.25, -0.2) is 0 Å². The van der Waals surface area contributed by atoms with Gasteiger partial charge < -0.3 is 5.11 Å². The highest BCUT2D eigenvalue weighted by molar-refractivity contribution is 5.22. The van der Waals surface area contributed by atoms with Crippen molar-refractivity contribution in [2.75, 3.05) is 0 Å². The summed E-state index contributed by atoms with van der Waals surface area (Å²) in [5, 5.41) is 10.0. The van der Waals surface area contributed by atoms with Crippen LogP contribution in [0.15, 0.2) is 24.3 Å². The molecule has 0 amide bonds. The third-order valence-electron chi connectivity index (χ3n) is 3.93. The summed E-state index contributed by atoms with van der Waals surface area (Å²) < 4.78 is 0. The Morgan fingerprint density at radius 1 is 1.29 bits per heavy atom. The molecule has 0 spiro atoms. The second kappa shape index (κ2) is 6.20. The van der Waals surface area contributed by atoms with Crippen molar-refractivity contribution in [3.05, 3.63) is 35.4 Å². The minimum atomic E-state index is -0.0985. The normalized spacial score (nSPS) is 18.5. The van der Waals surface area contributed by atoms with Gasteiger partial charge in [0.05, 0.1) is 6.10 Å². The Morgan fingerprint density at radius 3 is 2.76 bits per heavy atom. The summed E-state index contributed by atoms with van der Waals surface area (Å²) in [6.45, 7) is 2.12. The number of aliphatic hydroxyl groups excluding tert-OH is 1. The first-order valence-electron chi connectivity index (χ1n) is 6.97. The first-order chi connectivity index (χ1) is 8.24. The molecule has 1 aliphatic rings. The predicted octanol–water partition coefficient (Wildman–Crippen LogP) is 3.87. The number of rotatable bonds is 5. The van der Waals surface area contributed by atoms with E-state index in [2.05, 4.69) is 31.2 Å². The van der Waals surface area contributed by atoms with Crippen molar-refractivity contribution in [1.29, 1.82) is 0 Å². The zero-order chi connectivity index (χ0) is 12.1. The molecule has 1 saturated carbocycles. The van der Waals surface area contributed by atoms with E-state index in [0.29, 0.717) is 0 Å². The van der Waals surface area contributed by atoms with Crippen LogP contribution in [0.4, 0.5) is 0 Å². The molecule has 1 unspecified atom stereocenters. The van der Waals surface area contributed by atoms with Gasteiger partial charge in [-0.15, -0.1) is 0 Å². The molecule has 1 nitrogen and oxygen atoms in total. The second-order valence-electron chi connectivity index (χ2n) is 5.57. The maximum Gasteiger partial charge on any atom is 0.0546 e. The van der Waals surface area contributed by atoms with Crippen LogP contribution in [-0.4, -0.2) is 11.2 Å². The standard InChI is InChI=1S/C16H24O/c1-13-5-4-8-15(11-13)9-10-16(17)12-14-6-2-3-7-14/h4-5,8,11,14,16-17H,2-3,6-7,9-10,12H2,1H3. The van der Waals surface area contributed by atoms with Crippen LogP contribution in [0, 0.1) is 12.8 Å². The molecule has 1 N–H and O–H groups in total. The van der Waals surface area contributed by atoms with Gasteiger partial charge in [-0.1, -0.05) is 55.5 Å². The van der Waals surface area contributed by atoms with E-state index in [4.69, 9.17) is 0 Å². The third kappa shape index (κ3) is 4.16. The Bertz CT molecular complexity index is 339. The van der Waals surface area contributed by atoms with Crippen molar-refractivity contribution >= 4 is 0 Å². The van der Waals surface area contributed by atoms with E-state index in [1.165, 1.54) is 36.8 Å². The van der Waals surface area contributed by atoms with Crippen LogP contribution in [0.3, 0.4) is 0 Å². The predicted molar refractivity (Wildman–Crippen MR) is 72.1 cm³/mol. The van der Waals surface area contributed by atoms with Gasteiger partial charge in [0.1, 0.15) is 0 Å². The van der Waals surface area contributed by atoms with Crippen LogP contribution in [0.5, 0.6) is 0 Å². The van der Waals surface area contributed by atoms with E-state index >= 15 is 0 Å². The Morgan fingerprint density at radius 2 is 2.06 bits per heavy atom. The van der Waals surface area contributed by atoms with Crippen LogP contribution in [0.25, 0.3) is 0 Å². The van der Waals surface area contributed by atoms with Crippen LogP contribution in [-0.2, 0) is 6.42 Å². The van der Waals surface area contributed by atoms with Gasteiger partial charge in [0.2, 0.25) is 0 Å². The summed E-state index contributed by atoms with van der Waals surface area (Å²) in [6.07, 6.45) is 8.26. The van der Waals surface area contributed by atoms with Gasteiger partial charge in [-0.3, -0.25) is 0 Å². The van der Waals surface area contributed by atoms with Gasteiger partial charge in [0.15, 0.2) is 0 Å². The molecule has 17 heavy (non-hydrogen) atoms. The zero-order valence-electron chi connectivity index (χ0n) is 10.9. The second-order valence-corrected chi connectivity index (χ2v) is 5.57. The molecule has 1 heteroatoms. The summed E-state index contributed by atoms with van der Waals surface area (Å²) in [5.41, 5.74) is 2.67. The van der Waals surface area contributed by atoms with Crippen molar-refractivity contribution in [3.8, 4) is 0 Å². The molecule has 0 aromatic heterocycles. The van der Waals surface area contributed by atoms with E-state index in [1.807, 2.05) is 0 Å². The Labute approximate surface area is 105 Å². The fourth-order valence-corrected chi connectivity index (χ4v) is 2.95. The lowest BCUT2D eigenvalue weighted by Crippen LogP contribution is -2.12. The Balaban J connectivity index is 1.73. The molecular formula is C16H24O. The smallest absolute Gasteiger partial charge is 0.0546 e. The summed E-state index contributed by atoms with van der Waals surface area (Å²) in [4.78, 5) is 0. The summed E-state index contributed by atoms with van der Waals surface area (Å²) >= 11 is 0. The molecule has 1 aliphatic carbocycles. The topological polar surface area (TPSA) is 20.2 Å². The van der Waals surface area contributed by atoms with Crippen molar-refractivity contribution < 1.29 is 5.11 Å². The molecular weight excluding hydrogens is 208 g/mol. The number of aliphatic hydroxyl groups is 1. The molecule has 0 saturated heterocycles. The fourth-order valence-electron chi connectivity index (χ4n) is 2.95. The third-order valence-corrected chi connectivity index (χ3v) is 3.93. The van der Waals surface area contributed by atoms with Crippen molar-refractivity contribution in [3.63, 3.8) is 0 Å². The summed E-state index contributed by atoms with van der Waals surface area (Å²) in [6, 6.07) is 8.62. The molecule has 94 valence electrons.